The van der Waals surface area contributed by atoms with Gasteiger partial charge in [0.2, 0.25) is 5.89 Å². The summed E-state index contributed by atoms with van der Waals surface area (Å²) in [6, 6.07) is 16.1. The number of amides is 1. The van der Waals surface area contributed by atoms with E-state index in [1.807, 2.05) is 32.0 Å². The van der Waals surface area contributed by atoms with Crippen LogP contribution in [0.2, 0.25) is 5.02 Å². The number of anilines is 1. The molecule has 162 valence electrons. The van der Waals surface area contributed by atoms with Crippen molar-refractivity contribution in [2.45, 2.75) is 13.8 Å². The molecule has 4 aromatic rings. The largest absolute Gasteiger partial charge is 0.495 e. The number of aryl methyl sites for hydroxylation is 2. The van der Waals surface area contributed by atoms with Gasteiger partial charge >= 0.3 is 0 Å². The van der Waals surface area contributed by atoms with Gasteiger partial charge in [-0.15, -0.1) is 0 Å². The molecule has 8 heteroatoms. The maximum atomic E-state index is 12.5. The van der Waals surface area contributed by atoms with Crippen LogP contribution >= 0.6 is 23.8 Å². The third-order valence-corrected chi connectivity index (χ3v) is 5.58. The number of oxazole rings is 1. The number of fused-ring (bicyclic) bond motifs is 1. The molecule has 1 amide bonds. The maximum absolute atomic E-state index is 12.5. The second-order valence-corrected chi connectivity index (χ2v) is 8.04. The van der Waals surface area contributed by atoms with E-state index in [0.29, 0.717) is 27.9 Å². The first kappa shape index (κ1) is 21.8. The molecule has 4 rings (SSSR count). The zero-order valence-corrected chi connectivity index (χ0v) is 19.2. The highest BCUT2D eigenvalue weighted by Crippen LogP contribution is 2.32. The second-order valence-electron chi connectivity index (χ2n) is 7.23. The van der Waals surface area contributed by atoms with E-state index in [9.17, 15) is 4.79 Å². The minimum absolute atomic E-state index is 0.106. The lowest BCUT2D eigenvalue weighted by Gasteiger charge is -2.14. The lowest BCUT2D eigenvalue weighted by molar-refractivity contribution is 0.0978. The zero-order chi connectivity index (χ0) is 22.8. The summed E-state index contributed by atoms with van der Waals surface area (Å²) < 4.78 is 11.4. The standard InChI is InChI=1S/C24H20ClN3O3S/c1-13-10-18-21(11-14(13)2)31-23(26-18)15-8-9-20(30-3)19(12-15)27-24(32)28-22(29)16-6-4-5-7-17(16)25/h4-12H,1-3H3,(H2,27,28,29,32). The van der Waals surface area contributed by atoms with Crippen LogP contribution in [0.25, 0.3) is 22.6 Å². The van der Waals surface area contributed by atoms with E-state index >= 15 is 0 Å². The highest BCUT2D eigenvalue weighted by Gasteiger charge is 2.15. The zero-order valence-electron chi connectivity index (χ0n) is 17.7. The molecule has 2 N–H and O–H groups in total. The molecule has 0 aliphatic carbocycles. The average Bonchev–Trinajstić information content (AvgIpc) is 3.16. The van der Waals surface area contributed by atoms with Crippen molar-refractivity contribution in [3.05, 3.63) is 76.3 Å². The quantitative estimate of drug-likeness (QED) is 0.365. The van der Waals surface area contributed by atoms with Gasteiger partial charge in [0.15, 0.2) is 10.7 Å². The van der Waals surface area contributed by atoms with E-state index in [-0.39, 0.29) is 5.11 Å². The number of carbonyl (C=O) groups is 1. The summed E-state index contributed by atoms with van der Waals surface area (Å²) in [7, 11) is 1.55. The highest BCUT2D eigenvalue weighted by atomic mass is 35.5. The van der Waals surface area contributed by atoms with Crippen LogP contribution in [0.1, 0.15) is 21.5 Å². The van der Waals surface area contributed by atoms with Crippen LogP contribution in [0.3, 0.4) is 0 Å². The summed E-state index contributed by atoms with van der Waals surface area (Å²) in [4.78, 5) is 17.1. The summed E-state index contributed by atoms with van der Waals surface area (Å²) in [6.07, 6.45) is 0. The number of methoxy groups -OCH3 is 1. The van der Waals surface area contributed by atoms with Gasteiger partial charge in [-0.05, 0) is 79.7 Å². The van der Waals surface area contributed by atoms with Crippen molar-refractivity contribution in [3.63, 3.8) is 0 Å². The van der Waals surface area contributed by atoms with Crippen molar-refractivity contribution < 1.29 is 13.9 Å². The van der Waals surface area contributed by atoms with Crippen LogP contribution in [0, 0.1) is 13.8 Å². The summed E-state index contributed by atoms with van der Waals surface area (Å²) in [5.41, 5.74) is 5.41. The topological polar surface area (TPSA) is 76.4 Å². The molecule has 1 aromatic heterocycles. The van der Waals surface area contributed by atoms with Gasteiger partial charge in [-0.3, -0.25) is 10.1 Å². The molecule has 0 fully saturated rings. The monoisotopic (exact) mass is 465 g/mol. The summed E-state index contributed by atoms with van der Waals surface area (Å²) in [6.45, 7) is 4.07. The Balaban J connectivity index is 1.59. The van der Waals surface area contributed by atoms with Crippen LogP contribution in [0.5, 0.6) is 5.75 Å². The molecule has 32 heavy (non-hydrogen) atoms. The molecule has 0 radical (unpaired) electrons. The lowest BCUT2D eigenvalue weighted by atomic mass is 10.1. The molecular weight excluding hydrogens is 446 g/mol. The van der Waals surface area contributed by atoms with Crippen LogP contribution in [0.15, 0.2) is 59.0 Å². The molecule has 6 nitrogen and oxygen atoms in total. The Morgan fingerprint density at radius 1 is 1.09 bits per heavy atom. The number of nitrogens with one attached hydrogen (secondary N) is 2. The predicted octanol–water partition coefficient (Wildman–Crippen LogP) is 5.90. The van der Waals surface area contributed by atoms with E-state index in [0.717, 1.165) is 27.8 Å². The first-order valence-corrected chi connectivity index (χ1v) is 10.6. The molecule has 0 saturated heterocycles. The van der Waals surface area contributed by atoms with E-state index in [1.54, 1.807) is 43.5 Å². The van der Waals surface area contributed by atoms with Crippen molar-refractivity contribution in [1.82, 2.24) is 10.3 Å². The van der Waals surface area contributed by atoms with Crippen molar-refractivity contribution in [3.8, 4) is 17.2 Å². The average molecular weight is 466 g/mol. The third-order valence-electron chi connectivity index (χ3n) is 5.04. The highest BCUT2D eigenvalue weighted by molar-refractivity contribution is 7.80. The Morgan fingerprint density at radius 2 is 1.84 bits per heavy atom. The minimum Gasteiger partial charge on any atom is -0.495 e. The molecule has 3 aromatic carbocycles. The third kappa shape index (κ3) is 4.44. The molecule has 1 heterocycles. The molecular formula is C24H20ClN3O3S. The summed E-state index contributed by atoms with van der Waals surface area (Å²) in [5, 5.41) is 6.09. The second kappa shape index (κ2) is 8.98. The predicted molar refractivity (Wildman–Crippen MR) is 131 cm³/mol. The molecule has 0 atom stereocenters. The number of rotatable bonds is 4. The molecule has 0 saturated carbocycles. The fourth-order valence-electron chi connectivity index (χ4n) is 3.21. The number of ether oxygens (including phenoxy) is 1. The van der Waals surface area contributed by atoms with E-state index < -0.39 is 5.91 Å². The van der Waals surface area contributed by atoms with Gasteiger partial charge < -0.3 is 14.5 Å². The molecule has 0 aliphatic heterocycles. The van der Waals surface area contributed by atoms with Gasteiger partial charge in [0.05, 0.1) is 23.4 Å². The molecule has 0 bridgehead atoms. The van der Waals surface area contributed by atoms with Gasteiger partial charge in [-0.2, -0.15) is 0 Å². The first-order chi connectivity index (χ1) is 15.4. The number of halogens is 1. The Bertz CT molecular complexity index is 1310. The molecule has 0 spiro atoms. The van der Waals surface area contributed by atoms with Crippen LogP contribution in [0.4, 0.5) is 5.69 Å². The minimum atomic E-state index is -0.409. The number of aromatic nitrogens is 1. The van der Waals surface area contributed by atoms with Crippen molar-refractivity contribution >= 4 is 51.6 Å². The van der Waals surface area contributed by atoms with Crippen molar-refractivity contribution in [2.75, 3.05) is 12.4 Å². The van der Waals surface area contributed by atoms with Gasteiger partial charge in [0.1, 0.15) is 11.3 Å². The van der Waals surface area contributed by atoms with Crippen molar-refractivity contribution in [1.29, 1.82) is 0 Å². The number of hydrogen-bond acceptors (Lipinski definition) is 5. The molecule has 0 aliphatic rings. The lowest BCUT2D eigenvalue weighted by Crippen LogP contribution is -2.34. The fourth-order valence-corrected chi connectivity index (χ4v) is 3.64. The number of hydrogen-bond donors (Lipinski definition) is 2. The van der Waals surface area contributed by atoms with E-state index in [2.05, 4.69) is 15.6 Å². The Labute approximate surface area is 195 Å². The maximum Gasteiger partial charge on any atom is 0.258 e. The Hall–Kier alpha value is -3.42. The van der Waals surface area contributed by atoms with E-state index in [1.165, 1.54) is 0 Å². The smallest absolute Gasteiger partial charge is 0.258 e. The van der Waals surface area contributed by atoms with Gasteiger partial charge in [-0.1, -0.05) is 23.7 Å². The number of thiocarbonyl (C=S) groups is 1. The number of benzene rings is 3. The fraction of sp³-hybridized carbons (Fsp3) is 0.125. The van der Waals surface area contributed by atoms with Crippen LogP contribution in [-0.4, -0.2) is 23.1 Å². The van der Waals surface area contributed by atoms with Crippen molar-refractivity contribution in [2.24, 2.45) is 0 Å². The van der Waals surface area contributed by atoms with Gasteiger partial charge in [0, 0.05) is 5.56 Å². The summed E-state index contributed by atoms with van der Waals surface area (Å²) >= 11 is 11.4. The van der Waals surface area contributed by atoms with Crippen LogP contribution < -0.4 is 15.4 Å². The SMILES string of the molecule is COc1ccc(-c2nc3cc(C)c(C)cc3o2)cc1NC(=S)NC(=O)c1ccccc1Cl. The van der Waals surface area contributed by atoms with Gasteiger partial charge in [-0.25, -0.2) is 4.98 Å². The van der Waals surface area contributed by atoms with Gasteiger partial charge in [0.25, 0.3) is 5.91 Å². The Kier molecular flexibility index (Phi) is 6.12. The normalized spacial score (nSPS) is 10.8. The Morgan fingerprint density at radius 3 is 2.59 bits per heavy atom. The molecule has 0 unspecified atom stereocenters. The summed E-state index contributed by atoms with van der Waals surface area (Å²) in [5.74, 6) is 0.612. The first-order valence-electron chi connectivity index (χ1n) is 9.79. The van der Waals surface area contributed by atoms with Crippen LogP contribution in [-0.2, 0) is 0 Å². The number of carbonyl (C=O) groups excluding carboxylic acids is 1. The number of nitrogens with zero attached hydrogens (tertiary/aromatic N) is 1. The van der Waals surface area contributed by atoms with E-state index in [4.69, 9.17) is 33.0 Å².